The lowest BCUT2D eigenvalue weighted by atomic mass is 10.1. The number of carbonyl (C=O) groups excluding carboxylic acids is 1. The standard InChI is InChI=1S/C18H20O2S/c1-13(2)20-16-10-8-15(9-11-16)17(19)12-21-18-7-5-4-6-14(18)3/h4-11,13H,12H2,1-3H3. The molecule has 0 saturated heterocycles. The molecule has 0 atom stereocenters. The highest BCUT2D eigenvalue weighted by Crippen LogP contribution is 2.23. The molecular weight excluding hydrogens is 280 g/mol. The zero-order valence-electron chi connectivity index (χ0n) is 12.6. The Morgan fingerprint density at radius 1 is 1.10 bits per heavy atom. The van der Waals surface area contributed by atoms with E-state index in [2.05, 4.69) is 13.0 Å². The van der Waals surface area contributed by atoms with E-state index in [1.54, 1.807) is 11.8 Å². The van der Waals surface area contributed by atoms with Gasteiger partial charge in [0.2, 0.25) is 0 Å². The van der Waals surface area contributed by atoms with Crippen LogP contribution in [0, 0.1) is 6.92 Å². The third-order valence-electron chi connectivity index (χ3n) is 3.00. The van der Waals surface area contributed by atoms with Crippen LogP contribution in [0.3, 0.4) is 0 Å². The van der Waals surface area contributed by atoms with Crippen LogP contribution in [0.2, 0.25) is 0 Å². The van der Waals surface area contributed by atoms with Crippen LogP contribution < -0.4 is 4.74 Å². The lowest BCUT2D eigenvalue weighted by Gasteiger charge is -2.10. The summed E-state index contributed by atoms with van der Waals surface area (Å²) in [5, 5.41) is 0. The van der Waals surface area contributed by atoms with Crippen molar-refractivity contribution in [3.63, 3.8) is 0 Å². The second kappa shape index (κ2) is 7.32. The molecule has 0 aliphatic rings. The molecule has 0 aliphatic heterocycles. The van der Waals surface area contributed by atoms with Crippen molar-refractivity contribution in [3.05, 3.63) is 59.7 Å². The van der Waals surface area contributed by atoms with E-state index in [0.29, 0.717) is 5.75 Å². The van der Waals surface area contributed by atoms with Crippen molar-refractivity contribution in [1.82, 2.24) is 0 Å². The monoisotopic (exact) mass is 300 g/mol. The molecule has 21 heavy (non-hydrogen) atoms. The lowest BCUT2D eigenvalue weighted by Crippen LogP contribution is -2.06. The summed E-state index contributed by atoms with van der Waals surface area (Å²) in [6, 6.07) is 15.5. The Balaban J connectivity index is 1.96. The summed E-state index contributed by atoms with van der Waals surface area (Å²) in [4.78, 5) is 13.4. The second-order valence-corrected chi connectivity index (χ2v) is 6.19. The molecule has 0 unspecified atom stereocenters. The Bertz CT molecular complexity index is 603. The first-order chi connectivity index (χ1) is 10.1. The molecule has 0 bridgehead atoms. The number of carbonyl (C=O) groups is 1. The first-order valence-corrected chi connectivity index (χ1v) is 8.03. The largest absolute Gasteiger partial charge is 0.491 e. The van der Waals surface area contributed by atoms with Gasteiger partial charge in [0.25, 0.3) is 0 Å². The average Bonchev–Trinajstić information content (AvgIpc) is 2.46. The van der Waals surface area contributed by atoms with Crippen molar-refractivity contribution in [1.29, 1.82) is 0 Å². The van der Waals surface area contributed by atoms with E-state index in [0.717, 1.165) is 16.2 Å². The number of benzene rings is 2. The van der Waals surface area contributed by atoms with Crippen molar-refractivity contribution in [2.45, 2.75) is 31.8 Å². The van der Waals surface area contributed by atoms with Gasteiger partial charge in [0.1, 0.15) is 5.75 Å². The van der Waals surface area contributed by atoms with Crippen LogP contribution in [0.4, 0.5) is 0 Å². The third kappa shape index (κ3) is 4.64. The smallest absolute Gasteiger partial charge is 0.173 e. The Labute approximate surface area is 130 Å². The van der Waals surface area contributed by atoms with Gasteiger partial charge in [-0.05, 0) is 56.7 Å². The molecule has 2 rings (SSSR count). The number of rotatable bonds is 6. The quantitative estimate of drug-likeness (QED) is 0.568. The predicted octanol–water partition coefficient (Wildman–Crippen LogP) is 4.76. The minimum atomic E-state index is 0.138. The molecule has 0 aromatic heterocycles. The summed E-state index contributed by atoms with van der Waals surface area (Å²) >= 11 is 1.58. The van der Waals surface area contributed by atoms with Crippen LogP contribution in [-0.2, 0) is 0 Å². The number of aryl methyl sites for hydroxylation is 1. The molecule has 0 spiro atoms. The van der Waals surface area contributed by atoms with Gasteiger partial charge in [0, 0.05) is 10.5 Å². The summed E-state index contributed by atoms with van der Waals surface area (Å²) in [6.07, 6.45) is 0.142. The van der Waals surface area contributed by atoms with Crippen LogP contribution in [0.15, 0.2) is 53.4 Å². The van der Waals surface area contributed by atoms with E-state index in [4.69, 9.17) is 4.74 Å². The van der Waals surface area contributed by atoms with Crippen molar-refractivity contribution < 1.29 is 9.53 Å². The van der Waals surface area contributed by atoms with Gasteiger partial charge in [-0.25, -0.2) is 0 Å². The van der Waals surface area contributed by atoms with Crippen LogP contribution in [0.5, 0.6) is 5.75 Å². The number of ketones is 1. The molecule has 3 heteroatoms. The average molecular weight is 300 g/mol. The Morgan fingerprint density at radius 3 is 2.38 bits per heavy atom. The first-order valence-electron chi connectivity index (χ1n) is 7.04. The molecule has 0 amide bonds. The minimum Gasteiger partial charge on any atom is -0.491 e. The minimum absolute atomic E-state index is 0.138. The predicted molar refractivity (Wildman–Crippen MR) is 88.4 cm³/mol. The van der Waals surface area contributed by atoms with E-state index >= 15 is 0 Å². The Hall–Kier alpha value is -1.74. The van der Waals surface area contributed by atoms with Gasteiger partial charge in [-0.1, -0.05) is 18.2 Å². The second-order valence-electron chi connectivity index (χ2n) is 5.17. The summed E-state index contributed by atoms with van der Waals surface area (Å²) in [5.74, 6) is 1.39. The highest BCUT2D eigenvalue weighted by Gasteiger charge is 2.08. The molecule has 0 fully saturated rings. The van der Waals surface area contributed by atoms with Crippen LogP contribution in [0.25, 0.3) is 0 Å². The van der Waals surface area contributed by atoms with Gasteiger partial charge in [-0.3, -0.25) is 4.79 Å². The van der Waals surface area contributed by atoms with Crippen molar-refractivity contribution in [2.75, 3.05) is 5.75 Å². The molecule has 0 saturated carbocycles. The molecule has 2 aromatic rings. The number of hydrogen-bond acceptors (Lipinski definition) is 3. The van der Waals surface area contributed by atoms with E-state index in [-0.39, 0.29) is 11.9 Å². The van der Waals surface area contributed by atoms with Crippen LogP contribution in [0.1, 0.15) is 29.8 Å². The maximum Gasteiger partial charge on any atom is 0.173 e. The zero-order chi connectivity index (χ0) is 15.2. The van der Waals surface area contributed by atoms with Crippen LogP contribution in [-0.4, -0.2) is 17.6 Å². The molecule has 2 aromatic carbocycles. The molecule has 0 N–H and O–H groups in total. The van der Waals surface area contributed by atoms with Gasteiger partial charge in [-0.15, -0.1) is 11.8 Å². The van der Waals surface area contributed by atoms with Crippen LogP contribution >= 0.6 is 11.8 Å². The number of hydrogen-bond donors (Lipinski definition) is 0. The van der Waals surface area contributed by atoms with E-state index in [9.17, 15) is 4.79 Å². The maximum absolute atomic E-state index is 12.2. The lowest BCUT2D eigenvalue weighted by molar-refractivity contribution is 0.102. The third-order valence-corrected chi connectivity index (χ3v) is 4.18. The fraction of sp³-hybridized carbons (Fsp3) is 0.278. The fourth-order valence-electron chi connectivity index (χ4n) is 1.94. The maximum atomic E-state index is 12.2. The SMILES string of the molecule is Cc1ccccc1SCC(=O)c1ccc(OC(C)C)cc1. The van der Waals surface area contributed by atoms with Gasteiger partial charge >= 0.3 is 0 Å². The molecule has 0 radical (unpaired) electrons. The van der Waals surface area contributed by atoms with E-state index in [1.807, 2.05) is 56.3 Å². The van der Waals surface area contributed by atoms with Gasteiger partial charge in [-0.2, -0.15) is 0 Å². The first kappa shape index (κ1) is 15.6. The topological polar surface area (TPSA) is 26.3 Å². The summed E-state index contributed by atoms with van der Waals surface area (Å²) in [7, 11) is 0. The van der Waals surface area contributed by atoms with Gasteiger partial charge < -0.3 is 4.74 Å². The molecule has 0 heterocycles. The number of thioether (sulfide) groups is 1. The van der Waals surface area contributed by atoms with Gasteiger partial charge in [0.05, 0.1) is 11.9 Å². The molecule has 2 nitrogen and oxygen atoms in total. The number of Topliss-reactive ketones (excluding diaryl/α,β-unsaturated/α-hetero) is 1. The summed E-state index contributed by atoms with van der Waals surface area (Å²) in [6.45, 7) is 6.03. The molecular formula is C18H20O2S. The fourth-order valence-corrected chi connectivity index (χ4v) is 2.86. The molecule has 0 aliphatic carbocycles. The van der Waals surface area contributed by atoms with E-state index < -0.39 is 0 Å². The Kier molecular flexibility index (Phi) is 5.45. The molecule has 110 valence electrons. The van der Waals surface area contributed by atoms with Gasteiger partial charge in [0.15, 0.2) is 5.78 Å². The number of ether oxygens (including phenoxy) is 1. The van der Waals surface area contributed by atoms with Crippen molar-refractivity contribution in [3.8, 4) is 5.75 Å². The van der Waals surface area contributed by atoms with Crippen molar-refractivity contribution >= 4 is 17.5 Å². The van der Waals surface area contributed by atoms with Crippen molar-refractivity contribution in [2.24, 2.45) is 0 Å². The highest BCUT2D eigenvalue weighted by molar-refractivity contribution is 8.00. The Morgan fingerprint density at radius 2 is 1.76 bits per heavy atom. The zero-order valence-corrected chi connectivity index (χ0v) is 13.4. The normalized spacial score (nSPS) is 10.7. The van der Waals surface area contributed by atoms with E-state index in [1.165, 1.54) is 5.56 Å². The summed E-state index contributed by atoms with van der Waals surface area (Å²) in [5.41, 5.74) is 1.93. The summed E-state index contributed by atoms with van der Waals surface area (Å²) < 4.78 is 5.58. The highest BCUT2D eigenvalue weighted by atomic mass is 32.2.